The largest absolute Gasteiger partial charge is 0.463 e. The summed E-state index contributed by atoms with van der Waals surface area (Å²) >= 11 is 3.43. The van der Waals surface area contributed by atoms with E-state index in [1.807, 2.05) is 25.1 Å². The maximum atomic E-state index is 11.3. The molecule has 2 rings (SSSR count). The molecule has 1 aromatic heterocycles. The van der Waals surface area contributed by atoms with Crippen molar-refractivity contribution in [1.82, 2.24) is 0 Å². The third-order valence-electron chi connectivity index (χ3n) is 2.70. The van der Waals surface area contributed by atoms with Crippen molar-refractivity contribution in [3.8, 4) is 0 Å². The molecule has 0 saturated carbocycles. The first-order chi connectivity index (χ1) is 9.10. The number of methoxy groups -OCH3 is 1. The molecule has 0 fully saturated rings. The maximum Gasteiger partial charge on any atom is 0.373 e. The summed E-state index contributed by atoms with van der Waals surface area (Å²) in [5.41, 5.74) is 2.16. The molecule has 2 aromatic rings. The van der Waals surface area contributed by atoms with Gasteiger partial charge < -0.3 is 14.5 Å². The normalized spacial score (nSPS) is 10.3. The van der Waals surface area contributed by atoms with Gasteiger partial charge in [0.25, 0.3) is 0 Å². The molecule has 0 atom stereocenters. The van der Waals surface area contributed by atoms with Gasteiger partial charge in [-0.2, -0.15) is 0 Å². The predicted octanol–water partition coefficient (Wildman–Crippen LogP) is 3.75. The average molecular weight is 324 g/mol. The Balaban J connectivity index is 2.04. The van der Waals surface area contributed by atoms with Crippen LogP contribution in [0.3, 0.4) is 0 Å². The van der Waals surface area contributed by atoms with E-state index in [2.05, 4.69) is 26.0 Å². The first kappa shape index (κ1) is 13.7. The Morgan fingerprint density at radius 3 is 2.89 bits per heavy atom. The Morgan fingerprint density at radius 2 is 2.16 bits per heavy atom. The van der Waals surface area contributed by atoms with Gasteiger partial charge in [-0.1, -0.05) is 22.0 Å². The molecule has 100 valence electrons. The van der Waals surface area contributed by atoms with Gasteiger partial charge in [0.2, 0.25) is 5.76 Å². The molecule has 1 N–H and O–H groups in total. The van der Waals surface area contributed by atoms with Gasteiger partial charge in [-0.05, 0) is 36.8 Å². The minimum absolute atomic E-state index is 0.213. The van der Waals surface area contributed by atoms with E-state index in [-0.39, 0.29) is 5.76 Å². The number of aryl methyl sites for hydroxylation is 1. The summed E-state index contributed by atoms with van der Waals surface area (Å²) in [6.45, 7) is 2.53. The molecule has 4 nitrogen and oxygen atoms in total. The number of anilines is 1. The van der Waals surface area contributed by atoms with Crippen LogP contribution in [0.1, 0.15) is 21.9 Å². The van der Waals surface area contributed by atoms with Gasteiger partial charge in [0.05, 0.1) is 13.7 Å². The SMILES string of the molecule is COC(=O)c1ccc(CNc2cc(Br)ccc2C)o1. The Morgan fingerprint density at radius 1 is 1.37 bits per heavy atom. The summed E-state index contributed by atoms with van der Waals surface area (Å²) in [7, 11) is 1.33. The van der Waals surface area contributed by atoms with Crippen molar-refractivity contribution in [2.75, 3.05) is 12.4 Å². The molecule has 0 saturated heterocycles. The quantitative estimate of drug-likeness (QED) is 0.870. The lowest BCUT2D eigenvalue weighted by atomic mass is 10.2. The van der Waals surface area contributed by atoms with Crippen LogP contribution in [0.4, 0.5) is 5.69 Å². The van der Waals surface area contributed by atoms with E-state index in [9.17, 15) is 4.79 Å². The fourth-order valence-electron chi connectivity index (χ4n) is 1.65. The lowest BCUT2D eigenvalue weighted by Crippen LogP contribution is -2.01. The van der Waals surface area contributed by atoms with Gasteiger partial charge in [0.15, 0.2) is 0 Å². The van der Waals surface area contributed by atoms with Gasteiger partial charge in [-0.25, -0.2) is 4.79 Å². The molecule has 0 spiro atoms. The number of carbonyl (C=O) groups excluding carboxylic acids is 1. The van der Waals surface area contributed by atoms with Crippen LogP contribution in [-0.4, -0.2) is 13.1 Å². The number of halogens is 1. The predicted molar refractivity (Wildman–Crippen MR) is 76.3 cm³/mol. The van der Waals surface area contributed by atoms with Crippen molar-refractivity contribution >= 4 is 27.6 Å². The van der Waals surface area contributed by atoms with Crippen molar-refractivity contribution in [2.45, 2.75) is 13.5 Å². The lowest BCUT2D eigenvalue weighted by molar-refractivity contribution is 0.0563. The highest BCUT2D eigenvalue weighted by atomic mass is 79.9. The second kappa shape index (κ2) is 5.93. The topological polar surface area (TPSA) is 51.5 Å². The molecule has 0 aliphatic carbocycles. The Bertz CT molecular complexity index is 592. The lowest BCUT2D eigenvalue weighted by Gasteiger charge is -2.08. The van der Waals surface area contributed by atoms with E-state index in [0.717, 1.165) is 15.7 Å². The molecule has 0 unspecified atom stereocenters. The van der Waals surface area contributed by atoms with E-state index < -0.39 is 5.97 Å². The molecular formula is C14H14BrNO3. The van der Waals surface area contributed by atoms with E-state index in [1.165, 1.54) is 7.11 Å². The standard InChI is InChI=1S/C14H14BrNO3/c1-9-3-4-10(15)7-12(9)16-8-11-5-6-13(19-11)14(17)18-2/h3-7,16H,8H2,1-2H3. The monoisotopic (exact) mass is 323 g/mol. The summed E-state index contributed by atoms with van der Waals surface area (Å²) < 4.78 is 11.0. The minimum atomic E-state index is -0.468. The van der Waals surface area contributed by atoms with Crippen molar-refractivity contribution in [3.05, 3.63) is 51.9 Å². The molecule has 0 radical (unpaired) electrons. The molecule has 5 heteroatoms. The molecule has 0 aliphatic heterocycles. The molecular weight excluding hydrogens is 310 g/mol. The van der Waals surface area contributed by atoms with Gasteiger partial charge in [-0.15, -0.1) is 0 Å². The number of rotatable bonds is 4. The Hall–Kier alpha value is -1.75. The van der Waals surface area contributed by atoms with E-state index in [4.69, 9.17) is 4.42 Å². The number of ether oxygens (including phenoxy) is 1. The zero-order chi connectivity index (χ0) is 13.8. The highest BCUT2D eigenvalue weighted by Gasteiger charge is 2.10. The van der Waals surface area contributed by atoms with E-state index in [1.54, 1.807) is 12.1 Å². The van der Waals surface area contributed by atoms with Crippen LogP contribution in [-0.2, 0) is 11.3 Å². The maximum absolute atomic E-state index is 11.3. The van der Waals surface area contributed by atoms with Gasteiger partial charge >= 0.3 is 5.97 Å². The van der Waals surface area contributed by atoms with E-state index in [0.29, 0.717) is 12.3 Å². The van der Waals surface area contributed by atoms with Crippen molar-refractivity contribution in [1.29, 1.82) is 0 Å². The zero-order valence-electron chi connectivity index (χ0n) is 10.7. The van der Waals surface area contributed by atoms with Crippen molar-refractivity contribution in [3.63, 3.8) is 0 Å². The summed E-state index contributed by atoms with van der Waals surface area (Å²) in [5, 5.41) is 3.26. The number of nitrogens with one attached hydrogen (secondary N) is 1. The van der Waals surface area contributed by atoms with Crippen LogP contribution in [0.5, 0.6) is 0 Å². The minimum Gasteiger partial charge on any atom is -0.463 e. The molecule has 1 aromatic carbocycles. The van der Waals surface area contributed by atoms with Gasteiger partial charge in [0, 0.05) is 10.2 Å². The Labute approximate surface area is 119 Å². The van der Waals surface area contributed by atoms with Crippen LogP contribution in [0, 0.1) is 6.92 Å². The second-order valence-corrected chi connectivity index (χ2v) is 4.99. The van der Waals surface area contributed by atoms with Crippen LogP contribution in [0.15, 0.2) is 39.2 Å². The fourth-order valence-corrected chi connectivity index (χ4v) is 2.01. The molecule has 0 amide bonds. The van der Waals surface area contributed by atoms with Crippen molar-refractivity contribution in [2.24, 2.45) is 0 Å². The summed E-state index contributed by atoms with van der Waals surface area (Å²) in [6.07, 6.45) is 0. The van der Waals surface area contributed by atoms with Crippen LogP contribution in [0.2, 0.25) is 0 Å². The smallest absolute Gasteiger partial charge is 0.373 e. The summed E-state index contributed by atoms with van der Waals surface area (Å²) in [4.78, 5) is 11.3. The van der Waals surface area contributed by atoms with Crippen LogP contribution < -0.4 is 5.32 Å². The second-order valence-electron chi connectivity index (χ2n) is 4.07. The molecule has 0 aliphatic rings. The third-order valence-corrected chi connectivity index (χ3v) is 3.19. The zero-order valence-corrected chi connectivity index (χ0v) is 12.3. The third kappa shape index (κ3) is 3.38. The molecule has 0 bridgehead atoms. The first-order valence-corrected chi connectivity index (χ1v) is 6.56. The molecule has 1 heterocycles. The van der Waals surface area contributed by atoms with E-state index >= 15 is 0 Å². The van der Waals surface area contributed by atoms with Crippen LogP contribution >= 0.6 is 15.9 Å². The summed E-state index contributed by atoms with van der Waals surface area (Å²) in [5.74, 6) is 0.426. The number of hydrogen-bond acceptors (Lipinski definition) is 4. The first-order valence-electron chi connectivity index (χ1n) is 5.77. The highest BCUT2D eigenvalue weighted by Crippen LogP contribution is 2.21. The number of hydrogen-bond donors (Lipinski definition) is 1. The number of furan rings is 1. The van der Waals surface area contributed by atoms with Crippen LogP contribution in [0.25, 0.3) is 0 Å². The number of carbonyl (C=O) groups is 1. The Kier molecular flexibility index (Phi) is 4.27. The van der Waals surface area contributed by atoms with Gasteiger partial charge in [0.1, 0.15) is 5.76 Å². The number of esters is 1. The fraction of sp³-hybridized carbons (Fsp3) is 0.214. The average Bonchev–Trinajstić information content (AvgIpc) is 2.88. The summed E-state index contributed by atoms with van der Waals surface area (Å²) in [6, 6.07) is 9.37. The molecule has 19 heavy (non-hydrogen) atoms. The number of benzene rings is 1. The highest BCUT2D eigenvalue weighted by molar-refractivity contribution is 9.10. The van der Waals surface area contributed by atoms with Crippen molar-refractivity contribution < 1.29 is 13.9 Å². The van der Waals surface area contributed by atoms with Gasteiger partial charge in [-0.3, -0.25) is 0 Å².